The molecule has 0 aliphatic heterocycles. The van der Waals surface area contributed by atoms with E-state index < -0.39 is 0 Å². The minimum Gasteiger partial charge on any atom is -0.317 e. The molecule has 1 nitrogen and oxygen atoms in total. The second-order valence-corrected chi connectivity index (χ2v) is 5.38. The molecule has 0 spiro atoms. The minimum atomic E-state index is 0.949. The van der Waals surface area contributed by atoms with Gasteiger partial charge in [0, 0.05) is 0 Å². The van der Waals surface area contributed by atoms with Crippen molar-refractivity contribution in [3.8, 4) is 0 Å². The van der Waals surface area contributed by atoms with Crippen molar-refractivity contribution >= 4 is 11.8 Å². The molecule has 1 aliphatic rings. The molecule has 0 amide bonds. The van der Waals surface area contributed by atoms with Gasteiger partial charge in [-0.05, 0) is 43.4 Å². The lowest BCUT2D eigenvalue weighted by Crippen LogP contribution is -2.27. The van der Waals surface area contributed by atoms with E-state index in [0.717, 1.165) is 18.4 Å². The van der Waals surface area contributed by atoms with Crippen molar-refractivity contribution in [3.05, 3.63) is 0 Å². The van der Waals surface area contributed by atoms with Gasteiger partial charge in [0.15, 0.2) is 0 Å². The SMILES string of the molecule is CCNCC(CCSC)C1CCCC1. The van der Waals surface area contributed by atoms with E-state index in [0.29, 0.717) is 0 Å². The molecule has 1 N–H and O–H groups in total. The van der Waals surface area contributed by atoms with Gasteiger partial charge in [-0.15, -0.1) is 0 Å². The van der Waals surface area contributed by atoms with Crippen molar-refractivity contribution < 1.29 is 0 Å². The van der Waals surface area contributed by atoms with Crippen molar-refractivity contribution in [2.24, 2.45) is 11.8 Å². The van der Waals surface area contributed by atoms with Crippen LogP contribution >= 0.6 is 11.8 Å². The third kappa shape index (κ3) is 4.22. The quantitative estimate of drug-likeness (QED) is 0.700. The topological polar surface area (TPSA) is 12.0 Å². The lowest BCUT2D eigenvalue weighted by molar-refractivity contribution is 0.318. The van der Waals surface area contributed by atoms with Crippen LogP contribution in [-0.2, 0) is 0 Å². The summed E-state index contributed by atoms with van der Waals surface area (Å²) in [6.45, 7) is 4.59. The summed E-state index contributed by atoms with van der Waals surface area (Å²) in [6, 6.07) is 0. The van der Waals surface area contributed by atoms with E-state index in [9.17, 15) is 0 Å². The smallest absolute Gasteiger partial charge is 0.00177 e. The molecule has 2 heteroatoms. The molecule has 0 aromatic carbocycles. The monoisotopic (exact) mass is 215 g/mol. The fraction of sp³-hybridized carbons (Fsp3) is 1.00. The van der Waals surface area contributed by atoms with Crippen molar-refractivity contribution in [1.29, 1.82) is 0 Å². The molecule has 0 saturated heterocycles. The molecule has 1 unspecified atom stereocenters. The van der Waals surface area contributed by atoms with E-state index in [2.05, 4.69) is 18.5 Å². The molecular formula is C12H25NS. The average molecular weight is 215 g/mol. The van der Waals surface area contributed by atoms with E-state index >= 15 is 0 Å². The van der Waals surface area contributed by atoms with Gasteiger partial charge in [-0.1, -0.05) is 32.6 Å². The molecule has 84 valence electrons. The standard InChI is InChI=1S/C12H25NS/c1-3-13-10-12(8-9-14-2)11-6-4-5-7-11/h11-13H,3-10H2,1-2H3. The molecule has 1 aliphatic carbocycles. The van der Waals surface area contributed by atoms with Gasteiger partial charge in [0.2, 0.25) is 0 Å². The van der Waals surface area contributed by atoms with Gasteiger partial charge >= 0.3 is 0 Å². The maximum Gasteiger partial charge on any atom is -0.00177 e. The normalized spacial score (nSPS) is 20.1. The van der Waals surface area contributed by atoms with Crippen LogP contribution in [0.2, 0.25) is 0 Å². The first-order chi connectivity index (χ1) is 6.88. The Labute approximate surface area is 93.4 Å². The maximum absolute atomic E-state index is 3.52. The van der Waals surface area contributed by atoms with Crippen LogP contribution in [0.4, 0.5) is 0 Å². The number of hydrogen-bond donors (Lipinski definition) is 1. The van der Waals surface area contributed by atoms with Crippen molar-refractivity contribution in [1.82, 2.24) is 5.32 Å². The number of hydrogen-bond acceptors (Lipinski definition) is 2. The maximum atomic E-state index is 3.52. The Balaban J connectivity index is 2.26. The summed E-state index contributed by atoms with van der Waals surface area (Å²) in [4.78, 5) is 0. The Morgan fingerprint density at radius 3 is 2.64 bits per heavy atom. The zero-order chi connectivity index (χ0) is 10.2. The van der Waals surface area contributed by atoms with E-state index in [-0.39, 0.29) is 0 Å². The van der Waals surface area contributed by atoms with Gasteiger partial charge in [-0.25, -0.2) is 0 Å². The van der Waals surface area contributed by atoms with Gasteiger partial charge in [0.05, 0.1) is 0 Å². The summed E-state index contributed by atoms with van der Waals surface area (Å²) in [6.07, 6.45) is 9.58. The first-order valence-electron chi connectivity index (χ1n) is 6.08. The van der Waals surface area contributed by atoms with Crippen LogP contribution in [0, 0.1) is 11.8 Å². The third-order valence-electron chi connectivity index (χ3n) is 3.42. The Hall–Kier alpha value is 0.310. The molecular weight excluding hydrogens is 190 g/mol. The van der Waals surface area contributed by atoms with Gasteiger partial charge < -0.3 is 5.32 Å². The molecule has 0 heterocycles. The molecule has 0 radical (unpaired) electrons. The summed E-state index contributed by atoms with van der Waals surface area (Å²) in [5, 5.41) is 3.52. The molecule has 0 aromatic heterocycles. The first kappa shape index (κ1) is 12.4. The molecule has 1 atom stereocenters. The van der Waals surface area contributed by atoms with E-state index in [4.69, 9.17) is 0 Å². The van der Waals surface area contributed by atoms with Crippen LogP contribution in [-0.4, -0.2) is 25.1 Å². The minimum absolute atomic E-state index is 0.949. The van der Waals surface area contributed by atoms with E-state index in [1.807, 2.05) is 11.8 Å². The number of nitrogens with one attached hydrogen (secondary N) is 1. The Bertz CT molecular complexity index is 124. The summed E-state index contributed by atoms with van der Waals surface area (Å²) in [7, 11) is 0. The Morgan fingerprint density at radius 1 is 1.36 bits per heavy atom. The summed E-state index contributed by atoms with van der Waals surface area (Å²) in [5.41, 5.74) is 0. The lowest BCUT2D eigenvalue weighted by Gasteiger charge is -2.23. The van der Waals surface area contributed by atoms with Crippen molar-refractivity contribution in [2.45, 2.75) is 39.0 Å². The highest BCUT2D eigenvalue weighted by molar-refractivity contribution is 7.98. The molecule has 14 heavy (non-hydrogen) atoms. The average Bonchev–Trinajstić information content (AvgIpc) is 2.71. The van der Waals surface area contributed by atoms with Crippen LogP contribution in [0.3, 0.4) is 0 Å². The molecule has 0 aromatic rings. The molecule has 0 bridgehead atoms. The fourth-order valence-electron chi connectivity index (χ4n) is 2.53. The first-order valence-corrected chi connectivity index (χ1v) is 7.47. The van der Waals surface area contributed by atoms with Crippen molar-refractivity contribution in [3.63, 3.8) is 0 Å². The highest BCUT2D eigenvalue weighted by Gasteiger charge is 2.23. The lowest BCUT2D eigenvalue weighted by atomic mass is 9.88. The molecule has 1 fully saturated rings. The summed E-state index contributed by atoms with van der Waals surface area (Å²) >= 11 is 1.99. The van der Waals surface area contributed by atoms with Gasteiger partial charge in [-0.2, -0.15) is 11.8 Å². The summed E-state index contributed by atoms with van der Waals surface area (Å²) in [5.74, 6) is 3.32. The zero-order valence-electron chi connectivity index (χ0n) is 9.72. The van der Waals surface area contributed by atoms with Crippen LogP contribution in [0.15, 0.2) is 0 Å². The van der Waals surface area contributed by atoms with Gasteiger partial charge in [0.1, 0.15) is 0 Å². The van der Waals surface area contributed by atoms with Crippen molar-refractivity contribution in [2.75, 3.05) is 25.1 Å². The van der Waals surface area contributed by atoms with Gasteiger partial charge in [0.25, 0.3) is 0 Å². The van der Waals surface area contributed by atoms with Crippen LogP contribution < -0.4 is 5.32 Å². The predicted octanol–water partition coefficient (Wildman–Crippen LogP) is 3.16. The second-order valence-electron chi connectivity index (χ2n) is 4.39. The second kappa shape index (κ2) is 7.58. The zero-order valence-corrected chi connectivity index (χ0v) is 10.5. The number of thioether (sulfide) groups is 1. The molecule has 1 rings (SSSR count). The fourth-order valence-corrected chi connectivity index (χ4v) is 3.07. The highest BCUT2D eigenvalue weighted by Crippen LogP contribution is 2.33. The van der Waals surface area contributed by atoms with Crippen LogP contribution in [0.1, 0.15) is 39.0 Å². The largest absolute Gasteiger partial charge is 0.317 e. The Kier molecular flexibility index (Phi) is 6.70. The Morgan fingerprint density at radius 2 is 2.07 bits per heavy atom. The number of rotatable bonds is 7. The predicted molar refractivity (Wildman–Crippen MR) is 67.0 cm³/mol. The van der Waals surface area contributed by atoms with Crippen LogP contribution in [0.25, 0.3) is 0 Å². The van der Waals surface area contributed by atoms with E-state index in [1.54, 1.807) is 0 Å². The van der Waals surface area contributed by atoms with Gasteiger partial charge in [-0.3, -0.25) is 0 Å². The summed E-state index contributed by atoms with van der Waals surface area (Å²) < 4.78 is 0. The van der Waals surface area contributed by atoms with E-state index in [1.165, 1.54) is 44.4 Å². The third-order valence-corrected chi connectivity index (χ3v) is 4.06. The highest BCUT2D eigenvalue weighted by atomic mass is 32.2. The molecule has 1 saturated carbocycles. The van der Waals surface area contributed by atoms with Crippen LogP contribution in [0.5, 0.6) is 0 Å².